The van der Waals surface area contributed by atoms with Gasteiger partial charge in [0.2, 0.25) is 0 Å². The molecule has 0 saturated carbocycles. The minimum atomic E-state index is 0.834. The monoisotopic (exact) mass is 554 g/mol. The molecule has 6 aromatic heterocycles. The highest BCUT2D eigenvalue weighted by atomic mass is 14.8. The third kappa shape index (κ3) is 5.42. The van der Waals surface area contributed by atoms with Gasteiger partial charge in [0.15, 0.2) is 0 Å². The molecule has 0 unspecified atom stereocenters. The quantitative estimate of drug-likeness (QED) is 0.206. The fourth-order valence-corrected chi connectivity index (χ4v) is 5.15. The average molecular weight is 555 g/mol. The zero-order valence-electron chi connectivity index (χ0n) is 23.5. The Balaban J connectivity index is 1.32. The molecule has 0 atom stereocenters. The van der Waals surface area contributed by atoms with Gasteiger partial charge in [0, 0.05) is 53.9 Å². The number of pyridine rings is 6. The minimum absolute atomic E-state index is 0.834. The molecule has 7 aromatic rings. The lowest BCUT2D eigenvalue weighted by Crippen LogP contribution is -1.95. The Bertz CT molecular complexity index is 1870. The highest BCUT2D eigenvalue weighted by molar-refractivity contribution is 5.85. The highest BCUT2D eigenvalue weighted by Gasteiger charge is 2.15. The number of nitrogens with zero attached hydrogens (tertiary/aromatic N) is 6. The molecular formula is C37H26N6. The molecule has 43 heavy (non-hydrogen) atoms. The van der Waals surface area contributed by atoms with Gasteiger partial charge in [-0.1, -0.05) is 36.4 Å². The summed E-state index contributed by atoms with van der Waals surface area (Å²) < 4.78 is 0. The lowest BCUT2D eigenvalue weighted by Gasteiger charge is -2.16. The number of benzene rings is 1. The van der Waals surface area contributed by atoms with E-state index in [-0.39, 0.29) is 0 Å². The van der Waals surface area contributed by atoms with Crippen LogP contribution >= 0.6 is 0 Å². The lowest BCUT2D eigenvalue weighted by molar-refractivity contribution is 1.24. The molecule has 6 nitrogen and oxygen atoms in total. The van der Waals surface area contributed by atoms with Crippen molar-refractivity contribution >= 4 is 0 Å². The smallest absolute Gasteiger partial charge is 0.0886 e. The first kappa shape index (κ1) is 26.0. The molecule has 0 N–H and O–H groups in total. The van der Waals surface area contributed by atoms with Crippen LogP contribution in [0.4, 0.5) is 0 Å². The van der Waals surface area contributed by atoms with Crippen LogP contribution in [0.2, 0.25) is 0 Å². The summed E-state index contributed by atoms with van der Waals surface area (Å²) in [6.07, 6.45) is 11.1. The molecule has 1 aromatic carbocycles. The van der Waals surface area contributed by atoms with E-state index >= 15 is 0 Å². The van der Waals surface area contributed by atoms with Crippen molar-refractivity contribution in [1.29, 1.82) is 0 Å². The van der Waals surface area contributed by atoms with Crippen LogP contribution in [0.1, 0.15) is 5.56 Å². The van der Waals surface area contributed by atoms with Crippen LogP contribution in [0.5, 0.6) is 0 Å². The van der Waals surface area contributed by atoms with Crippen molar-refractivity contribution in [2.45, 2.75) is 6.92 Å². The normalized spacial score (nSPS) is 10.9. The summed E-state index contributed by atoms with van der Waals surface area (Å²) >= 11 is 0. The average Bonchev–Trinajstić information content (AvgIpc) is 3.10. The molecule has 0 amide bonds. The standard InChI is InChI=1S/C37H26N6/c1-25-30(27-12-15-36(42-23-27)33-9-3-6-18-39-33)20-29(26-11-14-35(41-22-26)32-8-2-5-17-38-32)21-31(25)28-13-16-37(43-24-28)34-10-4-7-19-40-34/h2-24H,1H3. The van der Waals surface area contributed by atoms with Crippen LogP contribution in [0, 0.1) is 6.92 Å². The van der Waals surface area contributed by atoms with Gasteiger partial charge in [-0.25, -0.2) is 0 Å². The third-order valence-corrected chi connectivity index (χ3v) is 7.44. The maximum absolute atomic E-state index is 4.76. The van der Waals surface area contributed by atoms with Crippen molar-refractivity contribution in [2.24, 2.45) is 0 Å². The van der Waals surface area contributed by atoms with E-state index in [0.717, 1.165) is 73.1 Å². The van der Waals surface area contributed by atoms with Gasteiger partial charge in [-0.15, -0.1) is 0 Å². The van der Waals surface area contributed by atoms with Gasteiger partial charge in [0.25, 0.3) is 0 Å². The maximum Gasteiger partial charge on any atom is 0.0886 e. The minimum Gasteiger partial charge on any atom is -0.255 e. The molecule has 0 aliphatic heterocycles. The Hall–Kier alpha value is -5.88. The number of rotatable bonds is 6. The molecule has 0 spiro atoms. The lowest BCUT2D eigenvalue weighted by atomic mass is 9.89. The van der Waals surface area contributed by atoms with E-state index in [1.165, 1.54) is 0 Å². The Morgan fingerprint density at radius 3 is 1.05 bits per heavy atom. The van der Waals surface area contributed by atoms with Gasteiger partial charge >= 0.3 is 0 Å². The molecule has 7 rings (SSSR count). The molecule has 204 valence electrons. The van der Waals surface area contributed by atoms with E-state index in [4.69, 9.17) is 15.0 Å². The second-order valence-electron chi connectivity index (χ2n) is 10.1. The van der Waals surface area contributed by atoms with Gasteiger partial charge in [0.1, 0.15) is 0 Å². The third-order valence-electron chi connectivity index (χ3n) is 7.44. The van der Waals surface area contributed by atoms with Gasteiger partial charge in [-0.05, 0) is 95.9 Å². The summed E-state index contributed by atoms with van der Waals surface area (Å²) in [5.41, 5.74) is 12.5. The SMILES string of the molecule is Cc1c(-c2ccc(-c3ccccn3)nc2)cc(-c2ccc(-c3ccccn3)nc2)cc1-c1ccc(-c2ccccn2)nc1. The Morgan fingerprint density at radius 1 is 0.349 bits per heavy atom. The van der Waals surface area contributed by atoms with E-state index in [1.54, 1.807) is 18.6 Å². The predicted molar refractivity (Wildman–Crippen MR) is 171 cm³/mol. The molecule has 0 radical (unpaired) electrons. The van der Waals surface area contributed by atoms with Gasteiger partial charge in [-0.3, -0.25) is 29.9 Å². The molecule has 6 heteroatoms. The van der Waals surface area contributed by atoms with E-state index in [2.05, 4.69) is 52.2 Å². The van der Waals surface area contributed by atoms with Crippen molar-refractivity contribution in [1.82, 2.24) is 29.9 Å². The zero-order chi connectivity index (χ0) is 29.0. The highest BCUT2D eigenvalue weighted by Crippen LogP contribution is 2.37. The van der Waals surface area contributed by atoms with Crippen LogP contribution in [0.25, 0.3) is 67.5 Å². The van der Waals surface area contributed by atoms with Crippen LogP contribution in [0.3, 0.4) is 0 Å². The number of hydrogen-bond donors (Lipinski definition) is 0. The summed E-state index contributed by atoms with van der Waals surface area (Å²) in [6.45, 7) is 2.15. The summed E-state index contributed by atoms with van der Waals surface area (Å²) in [5.74, 6) is 0. The van der Waals surface area contributed by atoms with Crippen molar-refractivity contribution in [2.75, 3.05) is 0 Å². The number of hydrogen-bond acceptors (Lipinski definition) is 6. The fraction of sp³-hybridized carbons (Fsp3) is 0.0270. The van der Waals surface area contributed by atoms with Gasteiger partial charge in [-0.2, -0.15) is 0 Å². The van der Waals surface area contributed by atoms with Crippen LogP contribution in [-0.4, -0.2) is 29.9 Å². The topological polar surface area (TPSA) is 77.3 Å². The summed E-state index contributed by atoms with van der Waals surface area (Å²) in [6, 6.07) is 34.3. The molecule has 0 aliphatic rings. The molecule has 6 heterocycles. The Kier molecular flexibility index (Phi) is 6.99. The predicted octanol–water partition coefficient (Wildman–Crippen LogP) is 8.37. The maximum atomic E-state index is 4.76. The molecule has 0 saturated heterocycles. The van der Waals surface area contributed by atoms with Gasteiger partial charge in [0.05, 0.1) is 34.2 Å². The summed E-state index contributed by atoms with van der Waals surface area (Å²) in [7, 11) is 0. The zero-order valence-corrected chi connectivity index (χ0v) is 23.5. The van der Waals surface area contributed by atoms with Crippen LogP contribution in [-0.2, 0) is 0 Å². The van der Waals surface area contributed by atoms with Gasteiger partial charge < -0.3 is 0 Å². The first-order valence-electron chi connectivity index (χ1n) is 14.0. The van der Waals surface area contributed by atoms with Crippen molar-refractivity contribution in [3.8, 4) is 67.5 Å². The van der Waals surface area contributed by atoms with E-state index in [1.807, 2.05) is 91.4 Å². The molecule has 0 fully saturated rings. The second kappa shape index (κ2) is 11.5. The molecular weight excluding hydrogens is 528 g/mol. The second-order valence-corrected chi connectivity index (χ2v) is 10.1. The first-order chi connectivity index (χ1) is 21.2. The van der Waals surface area contributed by atoms with Crippen molar-refractivity contribution < 1.29 is 0 Å². The van der Waals surface area contributed by atoms with E-state index < -0.39 is 0 Å². The fourth-order valence-electron chi connectivity index (χ4n) is 5.15. The molecule has 0 aliphatic carbocycles. The van der Waals surface area contributed by atoms with Crippen LogP contribution < -0.4 is 0 Å². The first-order valence-corrected chi connectivity index (χ1v) is 14.0. The molecule has 0 bridgehead atoms. The van der Waals surface area contributed by atoms with Crippen molar-refractivity contribution in [3.63, 3.8) is 0 Å². The Morgan fingerprint density at radius 2 is 0.721 bits per heavy atom. The summed E-state index contributed by atoms with van der Waals surface area (Å²) in [4.78, 5) is 27.6. The summed E-state index contributed by atoms with van der Waals surface area (Å²) in [5, 5.41) is 0. The number of aromatic nitrogens is 6. The van der Waals surface area contributed by atoms with E-state index in [9.17, 15) is 0 Å². The largest absolute Gasteiger partial charge is 0.255 e. The van der Waals surface area contributed by atoms with E-state index in [0.29, 0.717) is 0 Å². The Labute approximate surface area is 249 Å². The van der Waals surface area contributed by atoms with Crippen LogP contribution in [0.15, 0.2) is 140 Å². The van der Waals surface area contributed by atoms with Crippen molar-refractivity contribution in [3.05, 3.63) is 146 Å².